The van der Waals surface area contributed by atoms with E-state index in [0.717, 1.165) is 33.7 Å². The number of rotatable bonds is 8. The molecule has 1 N–H and O–H groups in total. The number of allylic oxidation sites excluding steroid dienone is 1. The van der Waals surface area contributed by atoms with Crippen molar-refractivity contribution in [2.75, 3.05) is 13.7 Å². The molecule has 36 heavy (non-hydrogen) atoms. The molecule has 9 heteroatoms. The Morgan fingerprint density at radius 2 is 2.14 bits per heavy atom. The molecule has 1 aromatic heterocycles. The third kappa shape index (κ3) is 5.56. The Kier molecular flexibility index (Phi) is 7.98. The molecule has 0 radical (unpaired) electrons. The van der Waals surface area contributed by atoms with E-state index >= 15 is 0 Å². The summed E-state index contributed by atoms with van der Waals surface area (Å²) < 4.78 is 7.31. The minimum atomic E-state index is -0.475. The Morgan fingerprint density at radius 3 is 2.78 bits per heavy atom. The number of hydrogen-bond acceptors (Lipinski definition) is 6. The van der Waals surface area contributed by atoms with Crippen LogP contribution >= 0.6 is 11.3 Å². The number of hydrazone groups is 1. The monoisotopic (exact) mass is 508 g/mol. The normalized spacial score (nSPS) is 19.2. The maximum atomic E-state index is 13.5. The van der Waals surface area contributed by atoms with Gasteiger partial charge in [-0.25, -0.2) is 4.98 Å². The minimum absolute atomic E-state index is 0.0299. The van der Waals surface area contributed by atoms with Gasteiger partial charge in [-0.1, -0.05) is 30.7 Å². The molecule has 1 unspecified atom stereocenters. The van der Waals surface area contributed by atoms with E-state index < -0.39 is 6.04 Å². The van der Waals surface area contributed by atoms with Crippen molar-refractivity contribution < 1.29 is 19.0 Å². The van der Waals surface area contributed by atoms with Crippen molar-refractivity contribution in [3.05, 3.63) is 46.7 Å². The Hall–Kier alpha value is -3.33. The molecule has 2 atom stereocenters. The molecule has 0 saturated carbocycles. The predicted molar refractivity (Wildman–Crippen MR) is 142 cm³/mol. The van der Waals surface area contributed by atoms with E-state index in [1.807, 2.05) is 63.8 Å². The number of hydrogen-bond donors (Lipinski definition) is 1. The number of methoxy groups -OCH3 is 1. The Labute approximate surface area is 216 Å². The van der Waals surface area contributed by atoms with Gasteiger partial charge in [0.1, 0.15) is 23.9 Å². The highest BCUT2D eigenvalue weighted by atomic mass is 32.1. The summed E-state index contributed by atoms with van der Waals surface area (Å²) >= 11 is 1.59. The smallest absolute Gasteiger partial charge is 0.243 e. The van der Waals surface area contributed by atoms with Gasteiger partial charge in [-0.05, 0) is 49.3 Å². The molecular formula is C27H34N5O3S+. The number of likely N-dealkylation sites (tertiary alicyclic amines) is 1. The van der Waals surface area contributed by atoms with Crippen molar-refractivity contribution >= 4 is 35.6 Å². The van der Waals surface area contributed by atoms with E-state index in [4.69, 9.17) is 4.74 Å². The molecule has 3 heterocycles. The van der Waals surface area contributed by atoms with Crippen LogP contribution in [0.3, 0.4) is 0 Å². The van der Waals surface area contributed by atoms with Crippen LogP contribution < -0.4 is 10.1 Å². The first-order valence-corrected chi connectivity index (χ1v) is 13.2. The molecule has 190 valence electrons. The second-order valence-corrected chi connectivity index (χ2v) is 10.5. The Balaban J connectivity index is 1.44. The standard InChI is InChI=1S/C27H33N5O3S/c1-17(2)22(15-31-14-18(3)12-30-31)27(34)32-10-6-7-23(32)26(33)28-13-21-9-8-20(11-24(21)35-5)25-19(4)29-16-36-25/h8-9,11-12,14-17,22-23H,6-7,10,13H2,1-5H3/p+1/b31-15-/t22?,23-/m0/s1. The van der Waals surface area contributed by atoms with Gasteiger partial charge in [-0.2, -0.15) is 0 Å². The number of ether oxygens (including phenoxy) is 1. The van der Waals surface area contributed by atoms with Crippen LogP contribution in [0.25, 0.3) is 10.4 Å². The second kappa shape index (κ2) is 11.2. The summed E-state index contributed by atoms with van der Waals surface area (Å²) in [5, 5.41) is 7.34. The Bertz CT molecular complexity index is 1230. The third-order valence-corrected chi connectivity index (χ3v) is 7.61. The minimum Gasteiger partial charge on any atom is -0.496 e. The molecular weight excluding hydrogens is 474 g/mol. The molecule has 0 aliphatic carbocycles. The highest BCUT2D eigenvalue weighted by Gasteiger charge is 2.39. The Morgan fingerprint density at radius 1 is 1.33 bits per heavy atom. The zero-order chi connectivity index (χ0) is 25.8. The van der Waals surface area contributed by atoms with Gasteiger partial charge in [-0.3, -0.25) is 9.59 Å². The fraction of sp³-hybridized carbons (Fsp3) is 0.444. The molecule has 1 fully saturated rings. The lowest BCUT2D eigenvalue weighted by Gasteiger charge is -2.27. The first-order chi connectivity index (χ1) is 17.3. The number of aromatic nitrogens is 1. The summed E-state index contributed by atoms with van der Waals surface area (Å²) in [5.41, 5.74) is 5.77. The number of nitrogens with zero attached hydrogens (tertiary/aromatic N) is 4. The van der Waals surface area contributed by atoms with Gasteiger partial charge < -0.3 is 15.0 Å². The lowest BCUT2D eigenvalue weighted by Crippen LogP contribution is -2.49. The number of carbonyl (C=O) groups excluding carboxylic acids is 2. The molecule has 4 rings (SSSR count). The summed E-state index contributed by atoms with van der Waals surface area (Å²) in [5.74, 6) is 0.265. The van der Waals surface area contributed by atoms with Gasteiger partial charge in [0, 0.05) is 24.2 Å². The van der Waals surface area contributed by atoms with Gasteiger partial charge in [0.15, 0.2) is 6.21 Å². The number of aryl methyl sites for hydroxylation is 1. The zero-order valence-electron chi connectivity index (χ0n) is 21.5. The van der Waals surface area contributed by atoms with E-state index in [9.17, 15) is 9.59 Å². The van der Waals surface area contributed by atoms with Crippen LogP contribution in [0.15, 0.2) is 40.6 Å². The van der Waals surface area contributed by atoms with E-state index in [2.05, 4.69) is 15.4 Å². The van der Waals surface area contributed by atoms with Gasteiger partial charge in [0.25, 0.3) is 0 Å². The summed E-state index contributed by atoms with van der Waals surface area (Å²) in [6.07, 6.45) is 6.98. The van der Waals surface area contributed by atoms with E-state index in [-0.39, 0.29) is 23.7 Å². The predicted octanol–water partition coefficient (Wildman–Crippen LogP) is 3.99. The van der Waals surface area contributed by atoms with Gasteiger partial charge in [0.2, 0.25) is 18.0 Å². The van der Waals surface area contributed by atoms with E-state index in [0.29, 0.717) is 25.3 Å². The lowest BCUT2D eigenvalue weighted by molar-refractivity contribution is -0.455. The van der Waals surface area contributed by atoms with Gasteiger partial charge in [0.05, 0.1) is 23.2 Å². The summed E-state index contributed by atoms with van der Waals surface area (Å²) in [7, 11) is 1.63. The highest BCUT2D eigenvalue weighted by Crippen LogP contribution is 2.32. The van der Waals surface area contributed by atoms with Crippen molar-refractivity contribution in [1.29, 1.82) is 0 Å². The van der Waals surface area contributed by atoms with Crippen molar-refractivity contribution in [3.8, 4) is 16.2 Å². The fourth-order valence-corrected chi connectivity index (χ4v) is 5.41. The van der Waals surface area contributed by atoms with Crippen molar-refractivity contribution in [2.24, 2.45) is 16.9 Å². The largest absolute Gasteiger partial charge is 0.496 e. The van der Waals surface area contributed by atoms with Crippen LogP contribution in [0.1, 0.15) is 44.9 Å². The molecule has 2 aliphatic heterocycles. The zero-order valence-corrected chi connectivity index (χ0v) is 22.3. The average Bonchev–Trinajstić information content (AvgIpc) is 3.61. The maximum Gasteiger partial charge on any atom is 0.243 e. The van der Waals surface area contributed by atoms with Crippen molar-refractivity contribution in [1.82, 2.24) is 15.2 Å². The molecule has 0 bridgehead atoms. The number of benzene rings is 1. The van der Waals surface area contributed by atoms with Crippen LogP contribution in [-0.4, -0.2) is 58.5 Å². The molecule has 2 amide bonds. The maximum absolute atomic E-state index is 13.5. The lowest BCUT2D eigenvalue weighted by atomic mass is 9.95. The van der Waals surface area contributed by atoms with Crippen LogP contribution in [0, 0.1) is 18.8 Å². The summed E-state index contributed by atoms with van der Waals surface area (Å²) in [6.45, 7) is 8.90. The average molecular weight is 509 g/mol. The van der Waals surface area contributed by atoms with E-state index in [1.54, 1.807) is 34.2 Å². The molecule has 0 spiro atoms. The highest BCUT2D eigenvalue weighted by molar-refractivity contribution is 7.13. The molecule has 2 aromatic rings. The van der Waals surface area contributed by atoms with Crippen LogP contribution in [0.4, 0.5) is 0 Å². The van der Waals surface area contributed by atoms with Crippen molar-refractivity contribution in [3.63, 3.8) is 0 Å². The van der Waals surface area contributed by atoms with Crippen LogP contribution in [-0.2, 0) is 16.1 Å². The summed E-state index contributed by atoms with van der Waals surface area (Å²) in [4.78, 5) is 33.9. The SMILES string of the molecule is COc1cc(-c2scnc2C)ccc1CNC(=O)[C@@H]1CCCN1C(=O)C(/C=[N+]1/C=C(C)C=N1)C(C)C. The topological polar surface area (TPSA) is 86.9 Å². The van der Waals surface area contributed by atoms with Gasteiger partial charge >= 0.3 is 0 Å². The number of amides is 2. The molecule has 2 aliphatic rings. The first-order valence-electron chi connectivity index (χ1n) is 12.3. The number of thiazole rings is 1. The fourth-order valence-electron chi connectivity index (χ4n) is 4.61. The van der Waals surface area contributed by atoms with E-state index in [1.165, 1.54) is 0 Å². The number of carbonyl (C=O) groups is 2. The van der Waals surface area contributed by atoms with Crippen LogP contribution in [0.2, 0.25) is 0 Å². The molecule has 8 nitrogen and oxygen atoms in total. The molecule has 1 saturated heterocycles. The molecule has 1 aromatic carbocycles. The van der Waals surface area contributed by atoms with Gasteiger partial charge in [-0.15, -0.1) is 11.3 Å². The van der Waals surface area contributed by atoms with Crippen molar-refractivity contribution in [2.45, 2.75) is 53.1 Å². The summed E-state index contributed by atoms with van der Waals surface area (Å²) in [6, 6.07) is 5.50. The van der Waals surface area contributed by atoms with Crippen LogP contribution in [0.5, 0.6) is 5.75 Å². The third-order valence-electron chi connectivity index (χ3n) is 6.63. The quantitative estimate of drug-likeness (QED) is 0.546. The number of nitrogens with one attached hydrogen (secondary N) is 1. The second-order valence-electron chi connectivity index (χ2n) is 9.62. The first kappa shape index (κ1) is 25.8.